The Hall–Kier alpha value is -1.08. The van der Waals surface area contributed by atoms with Crippen LogP contribution in [0.2, 0.25) is 10.3 Å². The van der Waals surface area contributed by atoms with E-state index >= 15 is 0 Å². The zero-order valence-electron chi connectivity index (χ0n) is 13.5. The largest absolute Gasteiger partial charge is 0.321 e. The van der Waals surface area contributed by atoms with Gasteiger partial charge in [0.05, 0.1) is 25.5 Å². The van der Waals surface area contributed by atoms with Crippen LogP contribution in [0.3, 0.4) is 0 Å². The predicted molar refractivity (Wildman–Crippen MR) is 91.6 cm³/mol. The normalized spacial score (nSPS) is 17.6. The second-order valence-electron chi connectivity index (χ2n) is 6.02. The maximum absolute atomic E-state index is 6.06. The smallest absolute Gasteiger partial charge is 0.128 e. The SMILES string of the molecule is Cn1c(Cl)cnc1CN1CCCN(Cc2ncc(Cl)n2C)CC1. The van der Waals surface area contributed by atoms with Crippen LogP contribution in [-0.4, -0.2) is 55.1 Å². The van der Waals surface area contributed by atoms with E-state index in [2.05, 4.69) is 19.8 Å². The van der Waals surface area contributed by atoms with Gasteiger partial charge in [-0.15, -0.1) is 0 Å². The van der Waals surface area contributed by atoms with E-state index in [1.807, 2.05) is 23.2 Å². The summed E-state index contributed by atoms with van der Waals surface area (Å²) < 4.78 is 3.89. The van der Waals surface area contributed by atoms with Gasteiger partial charge in [0.2, 0.25) is 0 Å². The summed E-state index contributed by atoms with van der Waals surface area (Å²) in [5.74, 6) is 2.03. The Morgan fingerprint density at radius 1 is 0.826 bits per heavy atom. The summed E-state index contributed by atoms with van der Waals surface area (Å²) in [6.07, 6.45) is 4.56. The van der Waals surface area contributed by atoms with Gasteiger partial charge in [-0.1, -0.05) is 23.2 Å². The standard InChI is InChI=1S/C15H22Cl2N6/c1-20-12(16)8-18-14(20)10-22-4-3-5-23(7-6-22)11-15-19-9-13(17)21(15)2/h8-9H,3-7,10-11H2,1-2H3. The molecule has 6 nitrogen and oxygen atoms in total. The fraction of sp³-hybridized carbons (Fsp3) is 0.600. The van der Waals surface area contributed by atoms with Crippen molar-refractivity contribution >= 4 is 23.2 Å². The van der Waals surface area contributed by atoms with Crippen LogP contribution < -0.4 is 0 Å². The molecule has 0 radical (unpaired) electrons. The molecule has 1 fully saturated rings. The van der Waals surface area contributed by atoms with Gasteiger partial charge in [-0.25, -0.2) is 9.97 Å². The lowest BCUT2D eigenvalue weighted by Gasteiger charge is -2.21. The van der Waals surface area contributed by atoms with Crippen molar-refractivity contribution < 1.29 is 0 Å². The topological polar surface area (TPSA) is 42.1 Å². The first-order chi connectivity index (χ1) is 11.0. The molecule has 3 heterocycles. The maximum Gasteiger partial charge on any atom is 0.128 e. The van der Waals surface area contributed by atoms with E-state index in [0.29, 0.717) is 10.3 Å². The molecule has 0 spiro atoms. The molecule has 0 atom stereocenters. The second kappa shape index (κ2) is 7.21. The van der Waals surface area contributed by atoms with E-state index in [4.69, 9.17) is 23.2 Å². The van der Waals surface area contributed by atoms with E-state index < -0.39 is 0 Å². The Kier molecular flexibility index (Phi) is 5.26. The summed E-state index contributed by atoms with van der Waals surface area (Å²) in [7, 11) is 3.92. The molecule has 126 valence electrons. The van der Waals surface area contributed by atoms with Crippen molar-refractivity contribution in [3.05, 3.63) is 34.3 Å². The quantitative estimate of drug-likeness (QED) is 0.841. The maximum atomic E-state index is 6.06. The van der Waals surface area contributed by atoms with Crippen molar-refractivity contribution in [3.8, 4) is 0 Å². The summed E-state index contributed by atoms with van der Waals surface area (Å²) in [6.45, 7) is 5.85. The molecule has 2 aromatic rings. The minimum Gasteiger partial charge on any atom is -0.321 e. The van der Waals surface area contributed by atoms with Crippen molar-refractivity contribution in [1.29, 1.82) is 0 Å². The van der Waals surface area contributed by atoms with Gasteiger partial charge in [-0.3, -0.25) is 9.80 Å². The highest BCUT2D eigenvalue weighted by Gasteiger charge is 2.18. The zero-order valence-corrected chi connectivity index (χ0v) is 15.1. The van der Waals surface area contributed by atoms with Crippen molar-refractivity contribution in [2.45, 2.75) is 19.5 Å². The highest BCUT2D eigenvalue weighted by atomic mass is 35.5. The van der Waals surface area contributed by atoms with Crippen LogP contribution in [0.4, 0.5) is 0 Å². The summed E-state index contributed by atoms with van der Waals surface area (Å²) in [4.78, 5) is 13.6. The van der Waals surface area contributed by atoms with Gasteiger partial charge < -0.3 is 9.13 Å². The molecule has 0 bridgehead atoms. The monoisotopic (exact) mass is 356 g/mol. The molecule has 0 N–H and O–H groups in total. The Morgan fingerprint density at radius 2 is 1.26 bits per heavy atom. The van der Waals surface area contributed by atoms with Crippen molar-refractivity contribution in [2.75, 3.05) is 26.2 Å². The molecule has 0 saturated carbocycles. The lowest BCUT2D eigenvalue weighted by Crippen LogP contribution is -2.31. The van der Waals surface area contributed by atoms with Crippen molar-refractivity contribution in [3.63, 3.8) is 0 Å². The van der Waals surface area contributed by atoms with E-state index in [1.165, 1.54) is 0 Å². The molecule has 0 unspecified atom stereocenters. The van der Waals surface area contributed by atoms with E-state index in [1.54, 1.807) is 12.4 Å². The number of halogens is 2. The van der Waals surface area contributed by atoms with Crippen LogP contribution in [0.1, 0.15) is 18.1 Å². The van der Waals surface area contributed by atoms with Crippen LogP contribution in [0, 0.1) is 0 Å². The van der Waals surface area contributed by atoms with Crippen molar-refractivity contribution in [1.82, 2.24) is 28.9 Å². The average Bonchev–Trinajstić information content (AvgIpc) is 2.92. The van der Waals surface area contributed by atoms with Gasteiger partial charge in [0, 0.05) is 27.2 Å². The van der Waals surface area contributed by atoms with Crippen molar-refractivity contribution in [2.24, 2.45) is 14.1 Å². The molecule has 2 aromatic heterocycles. The third kappa shape index (κ3) is 3.88. The van der Waals surface area contributed by atoms with Crippen LogP contribution in [0.15, 0.2) is 12.4 Å². The fourth-order valence-corrected chi connectivity index (χ4v) is 3.18. The van der Waals surface area contributed by atoms with E-state index in [0.717, 1.165) is 57.3 Å². The highest BCUT2D eigenvalue weighted by Crippen LogP contribution is 2.15. The van der Waals surface area contributed by atoms with Gasteiger partial charge in [0.1, 0.15) is 22.0 Å². The number of aromatic nitrogens is 4. The zero-order chi connectivity index (χ0) is 16.4. The van der Waals surface area contributed by atoms with E-state index in [-0.39, 0.29) is 0 Å². The van der Waals surface area contributed by atoms with Gasteiger partial charge in [0.25, 0.3) is 0 Å². The summed E-state index contributed by atoms with van der Waals surface area (Å²) >= 11 is 12.1. The molecule has 1 aliphatic rings. The molecular weight excluding hydrogens is 335 g/mol. The number of imidazole rings is 2. The van der Waals surface area contributed by atoms with Crippen LogP contribution in [-0.2, 0) is 27.2 Å². The molecule has 0 aliphatic carbocycles. The first-order valence-electron chi connectivity index (χ1n) is 7.81. The summed E-state index contributed by atoms with van der Waals surface area (Å²) in [6, 6.07) is 0. The average molecular weight is 357 g/mol. The second-order valence-corrected chi connectivity index (χ2v) is 6.79. The molecular formula is C15H22Cl2N6. The minimum atomic E-state index is 0.683. The molecule has 23 heavy (non-hydrogen) atoms. The lowest BCUT2D eigenvalue weighted by atomic mass is 10.3. The summed E-state index contributed by atoms with van der Waals surface area (Å²) in [5, 5.41) is 1.37. The highest BCUT2D eigenvalue weighted by molar-refractivity contribution is 6.29. The van der Waals surface area contributed by atoms with Crippen LogP contribution >= 0.6 is 23.2 Å². The molecule has 0 amide bonds. The Morgan fingerprint density at radius 3 is 1.61 bits per heavy atom. The first kappa shape index (κ1) is 16.8. The van der Waals surface area contributed by atoms with E-state index in [9.17, 15) is 0 Å². The number of hydrogen-bond acceptors (Lipinski definition) is 4. The third-order valence-corrected chi connectivity index (χ3v) is 5.17. The molecule has 8 heteroatoms. The lowest BCUT2D eigenvalue weighted by molar-refractivity contribution is 0.238. The molecule has 1 saturated heterocycles. The number of nitrogens with zero attached hydrogens (tertiary/aromatic N) is 6. The first-order valence-corrected chi connectivity index (χ1v) is 8.57. The van der Waals surface area contributed by atoms with Gasteiger partial charge in [-0.2, -0.15) is 0 Å². The van der Waals surface area contributed by atoms with Crippen LogP contribution in [0.25, 0.3) is 0 Å². The molecule has 0 aromatic carbocycles. The van der Waals surface area contributed by atoms with Gasteiger partial charge >= 0.3 is 0 Å². The Labute approximate surface area is 146 Å². The number of hydrogen-bond donors (Lipinski definition) is 0. The fourth-order valence-electron chi connectivity index (χ4n) is 2.88. The Balaban J connectivity index is 1.57. The molecule has 1 aliphatic heterocycles. The summed E-state index contributed by atoms with van der Waals surface area (Å²) in [5.41, 5.74) is 0. The predicted octanol–water partition coefficient (Wildman–Crippen LogP) is 2.17. The van der Waals surface area contributed by atoms with Gasteiger partial charge in [0.15, 0.2) is 0 Å². The third-order valence-electron chi connectivity index (χ3n) is 4.47. The molecule has 3 rings (SSSR count). The Bertz CT molecular complexity index is 609. The van der Waals surface area contributed by atoms with Gasteiger partial charge in [-0.05, 0) is 19.5 Å². The minimum absolute atomic E-state index is 0.683. The van der Waals surface area contributed by atoms with Crippen LogP contribution in [0.5, 0.6) is 0 Å². The number of rotatable bonds is 4.